The van der Waals surface area contributed by atoms with Gasteiger partial charge in [-0.05, 0) is 12.1 Å². The van der Waals surface area contributed by atoms with Gasteiger partial charge in [0.2, 0.25) is 0 Å². The van der Waals surface area contributed by atoms with Crippen LogP contribution in [0.15, 0.2) is 17.5 Å². The molecular formula is C16H17N3O3S. The lowest BCUT2D eigenvalue weighted by molar-refractivity contribution is 0.0593. The number of aliphatic hydroxyl groups is 1. The van der Waals surface area contributed by atoms with E-state index in [4.69, 9.17) is 9.84 Å². The molecule has 0 saturated heterocycles. The van der Waals surface area contributed by atoms with Crippen molar-refractivity contribution in [1.29, 1.82) is 0 Å². The van der Waals surface area contributed by atoms with E-state index in [1.165, 1.54) is 12.0 Å². The molecule has 1 N–H and O–H groups in total. The van der Waals surface area contributed by atoms with Crippen molar-refractivity contribution in [2.75, 3.05) is 20.3 Å². The zero-order chi connectivity index (χ0) is 16.2. The number of esters is 1. The molecule has 0 spiro atoms. The molecule has 23 heavy (non-hydrogen) atoms. The van der Waals surface area contributed by atoms with E-state index < -0.39 is 5.97 Å². The maximum absolute atomic E-state index is 11.6. The molecule has 1 aliphatic heterocycles. The van der Waals surface area contributed by atoms with Gasteiger partial charge in [0.1, 0.15) is 6.61 Å². The number of fused-ring (bicyclic) bond motifs is 1. The minimum atomic E-state index is -0.399. The summed E-state index contributed by atoms with van der Waals surface area (Å²) in [5, 5.41) is 15.0. The van der Waals surface area contributed by atoms with Crippen LogP contribution in [-0.4, -0.2) is 46.0 Å². The summed E-state index contributed by atoms with van der Waals surface area (Å²) >= 11 is 1.67. The molecule has 3 rings (SSSR count). The predicted octanol–water partition coefficient (Wildman–Crippen LogP) is 1.09. The van der Waals surface area contributed by atoms with Gasteiger partial charge >= 0.3 is 5.97 Å². The molecule has 0 radical (unpaired) electrons. The Hall–Kier alpha value is -2.14. The molecule has 2 aromatic rings. The van der Waals surface area contributed by atoms with Crippen molar-refractivity contribution < 1.29 is 14.6 Å². The van der Waals surface area contributed by atoms with Gasteiger partial charge in [0.05, 0.1) is 19.3 Å². The molecule has 0 aliphatic carbocycles. The second-order valence-corrected chi connectivity index (χ2v) is 6.20. The third kappa shape index (κ3) is 3.62. The van der Waals surface area contributed by atoms with Gasteiger partial charge in [0, 0.05) is 35.5 Å². The highest BCUT2D eigenvalue weighted by Gasteiger charge is 2.21. The average molecular weight is 331 g/mol. The number of thiophene rings is 1. The Morgan fingerprint density at radius 3 is 3.13 bits per heavy atom. The van der Waals surface area contributed by atoms with Gasteiger partial charge in [-0.15, -0.1) is 11.3 Å². The molecule has 2 aromatic heterocycles. The smallest absolute Gasteiger partial charge is 0.358 e. The van der Waals surface area contributed by atoms with Crippen molar-refractivity contribution in [2.45, 2.75) is 19.6 Å². The number of methoxy groups -OCH3 is 1. The monoisotopic (exact) mass is 331 g/mol. The van der Waals surface area contributed by atoms with E-state index in [2.05, 4.69) is 27.9 Å². The SMILES string of the molecule is COC(=O)c1cc2n(n1)CCN(Cc1cc(C#CCO)cs1)C2. The van der Waals surface area contributed by atoms with Crippen molar-refractivity contribution in [3.05, 3.63) is 39.3 Å². The van der Waals surface area contributed by atoms with E-state index in [-0.39, 0.29) is 6.61 Å². The summed E-state index contributed by atoms with van der Waals surface area (Å²) in [7, 11) is 1.36. The van der Waals surface area contributed by atoms with E-state index >= 15 is 0 Å². The van der Waals surface area contributed by atoms with E-state index in [0.29, 0.717) is 5.69 Å². The number of aromatic nitrogens is 2. The number of ether oxygens (including phenoxy) is 1. The highest BCUT2D eigenvalue weighted by molar-refractivity contribution is 7.10. The third-order valence-electron chi connectivity index (χ3n) is 3.62. The molecule has 0 atom stereocenters. The topological polar surface area (TPSA) is 67.6 Å². The summed E-state index contributed by atoms with van der Waals surface area (Å²) in [6.45, 7) is 3.10. The minimum absolute atomic E-state index is 0.121. The molecule has 0 fully saturated rings. The lowest BCUT2D eigenvalue weighted by Gasteiger charge is -2.26. The average Bonchev–Trinajstić information content (AvgIpc) is 3.18. The summed E-state index contributed by atoms with van der Waals surface area (Å²) in [4.78, 5) is 15.1. The van der Waals surface area contributed by atoms with E-state index in [1.54, 1.807) is 17.4 Å². The molecule has 0 amide bonds. The molecular weight excluding hydrogens is 314 g/mol. The maximum atomic E-state index is 11.6. The van der Waals surface area contributed by atoms with Crippen LogP contribution in [-0.2, 0) is 24.4 Å². The summed E-state index contributed by atoms with van der Waals surface area (Å²) in [5.41, 5.74) is 2.32. The van der Waals surface area contributed by atoms with E-state index in [0.717, 1.165) is 37.4 Å². The molecule has 0 aromatic carbocycles. The molecule has 3 heterocycles. The van der Waals surface area contributed by atoms with E-state index in [9.17, 15) is 4.79 Å². The number of rotatable bonds is 3. The first-order valence-electron chi connectivity index (χ1n) is 7.24. The zero-order valence-corrected chi connectivity index (χ0v) is 13.6. The molecule has 7 heteroatoms. The largest absolute Gasteiger partial charge is 0.464 e. The number of carbonyl (C=O) groups excluding carboxylic acids is 1. The summed E-state index contributed by atoms with van der Waals surface area (Å²) in [6.07, 6.45) is 0. The van der Waals surface area contributed by atoms with Crippen LogP contribution in [0.25, 0.3) is 0 Å². The van der Waals surface area contributed by atoms with Gasteiger partial charge in [-0.1, -0.05) is 11.8 Å². The molecule has 0 saturated carbocycles. The molecule has 1 aliphatic rings. The Labute approximate surface area is 138 Å². The van der Waals surface area contributed by atoms with E-state index in [1.807, 2.05) is 10.1 Å². The van der Waals surface area contributed by atoms with Gasteiger partial charge in [-0.3, -0.25) is 9.58 Å². The Balaban J connectivity index is 1.66. The normalized spacial score (nSPS) is 14.0. The molecule has 0 unspecified atom stereocenters. The second kappa shape index (κ2) is 6.96. The van der Waals surface area contributed by atoms with Gasteiger partial charge < -0.3 is 9.84 Å². The second-order valence-electron chi connectivity index (χ2n) is 5.21. The summed E-state index contributed by atoms with van der Waals surface area (Å²) in [5.74, 6) is 5.17. The fourth-order valence-electron chi connectivity index (χ4n) is 2.55. The lowest BCUT2D eigenvalue weighted by atomic mass is 10.2. The van der Waals surface area contributed by atoms with Crippen LogP contribution in [0.1, 0.15) is 26.6 Å². The zero-order valence-electron chi connectivity index (χ0n) is 12.8. The van der Waals surface area contributed by atoms with Gasteiger partial charge in [-0.25, -0.2) is 4.79 Å². The third-order valence-corrected chi connectivity index (χ3v) is 4.54. The van der Waals surface area contributed by atoms with Crippen LogP contribution < -0.4 is 0 Å². The quantitative estimate of drug-likeness (QED) is 0.674. The number of aliphatic hydroxyl groups excluding tert-OH is 1. The van der Waals surface area contributed by atoms with Crippen LogP contribution >= 0.6 is 11.3 Å². The van der Waals surface area contributed by atoms with Crippen molar-refractivity contribution in [3.63, 3.8) is 0 Å². The van der Waals surface area contributed by atoms with Crippen molar-refractivity contribution in [2.24, 2.45) is 0 Å². The first kappa shape index (κ1) is 15.7. The molecule has 6 nitrogen and oxygen atoms in total. The van der Waals surface area contributed by atoms with Crippen molar-refractivity contribution >= 4 is 17.3 Å². The van der Waals surface area contributed by atoms with Gasteiger partial charge in [-0.2, -0.15) is 5.10 Å². The van der Waals surface area contributed by atoms with Crippen LogP contribution in [0.3, 0.4) is 0 Å². The number of hydrogen-bond acceptors (Lipinski definition) is 6. The first-order valence-corrected chi connectivity index (χ1v) is 8.12. The van der Waals surface area contributed by atoms with Gasteiger partial charge in [0.15, 0.2) is 5.69 Å². The standard InChI is InChI=1S/C16H17N3O3S/c1-22-16(21)15-8-13-9-18(4-5-19(13)17-15)10-14-7-12(11-23-14)3-2-6-20/h7-8,11,20H,4-6,9-10H2,1H3. The van der Waals surface area contributed by atoms with Crippen LogP contribution in [0, 0.1) is 11.8 Å². The lowest BCUT2D eigenvalue weighted by Crippen LogP contribution is -2.33. The summed E-state index contributed by atoms with van der Waals surface area (Å²) < 4.78 is 6.58. The summed E-state index contributed by atoms with van der Waals surface area (Å²) in [6, 6.07) is 3.85. The maximum Gasteiger partial charge on any atom is 0.358 e. The Morgan fingerprint density at radius 2 is 2.35 bits per heavy atom. The Bertz CT molecular complexity index is 769. The number of carbonyl (C=O) groups is 1. The minimum Gasteiger partial charge on any atom is -0.464 e. The van der Waals surface area contributed by atoms with Crippen LogP contribution in [0.2, 0.25) is 0 Å². The Kier molecular flexibility index (Phi) is 4.76. The van der Waals surface area contributed by atoms with Gasteiger partial charge in [0.25, 0.3) is 0 Å². The van der Waals surface area contributed by atoms with Crippen molar-refractivity contribution in [3.8, 4) is 11.8 Å². The first-order chi connectivity index (χ1) is 11.2. The molecule has 120 valence electrons. The predicted molar refractivity (Wildman–Crippen MR) is 86.0 cm³/mol. The molecule has 0 bridgehead atoms. The highest BCUT2D eigenvalue weighted by Crippen LogP contribution is 2.20. The fourth-order valence-corrected chi connectivity index (χ4v) is 3.41. The number of nitrogens with zero attached hydrogens (tertiary/aromatic N) is 3. The van der Waals surface area contributed by atoms with Crippen LogP contribution in [0.5, 0.6) is 0 Å². The number of hydrogen-bond donors (Lipinski definition) is 1. The Morgan fingerprint density at radius 1 is 1.48 bits per heavy atom. The fraction of sp³-hybridized carbons (Fsp3) is 0.375. The van der Waals surface area contributed by atoms with Crippen molar-refractivity contribution in [1.82, 2.24) is 14.7 Å². The van der Waals surface area contributed by atoms with Crippen LogP contribution in [0.4, 0.5) is 0 Å². The highest BCUT2D eigenvalue weighted by atomic mass is 32.1.